The van der Waals surface area contributed by atoms with E-state index in [1.165, 1.54) is 5.69 Å². The van der Waals surface area contributed by atoms with Crippen LogP contribution in [0.1, 0.15) is 6.92 Å². The van der Waals surface area contributed by atoms with Crippen LogP contribution in [0.3, 0.4) is 0 Å². The van der Waals surface area contributed by atoms with Crippen LogP contribution in [0.25, 0.3) is 10.8 Å². The Morgan fingerprint density at radius 2 is 1.54 bits per heavy atom. The van der Waals surface area contributed by atoms with Crippen LogP contribution in [0.4, 0.5) is 5.69 Å². The van der Waals surface area contributed by atoms with Crippen molar-refractivity contribution in [2.45, 2.75) is 13.0 Å². The number of para-hydroxylation sites is 1. The van der Waals surface area contributed by atoms with Gasteiger partial charge in [-0.2, -0.15) is 0 Å². The molecular formula is C23H23ClN2O2. The molecule has 1 aliphatic heterocycles. The number of benzene rings is 3. The number of amides is 1. The van der Waals surface area contributed by atoms with Gasteiger partial charge < -0.3 is 14.5 Å². The van der Waals surface area contributed by atoms with Gasteiger partial charge in [-0.25, -0.2) is 0 Å². The lowest BCUT2D eigenvalue weighted by Crippen LogP contribution is -2.52. The number of carbonyl (C=O) groups excluding carboxylic acids is 1. The van der Waals surface area contributed by atoms with Crippen molar-refractivity contribution in [1.29, 1.82) is 0 Å². The van der Waals surface area contributed by atoms with Gasteiger partial charge in [0.25, 0.3) is 5.91 Å². The smallest absolute Gasteiger partial charge is 0.263 e. The second kappa shape index (κ2) is 8.11. The van der Waals surface area contributed by atoms with E-state index in [-0.39, 0.29) is 5.91 Å². The van der Waals surface area contributed by atoms with E-state index in [1.54, 1.807) is 0 Å². The molecule has 1 heterocycles. The third kappa shape index (κ3) is 3.78. The molecule has 1 atom stereocenters. The molecule has 0 radical (unpaired) electrons. The highest BCUT2D eigenvalue weighted by molar-refractivity contribution is 6.35. The summed E-state index contributed by atoms with van der Waals surface area (Å²) < 4.78 is 6.05. The first kappa shape index (κ1) is 18.6. The van der Waals surface area contributed by atoms with Crippen LogP contribution in [0.15, 0.2) is 66.7 Å². The molecule has 1 aliphatic rings. The zero-order valence-electron chi connectivity index (χ0n) is 15.8. The van der Waals surface area contributed by atoms with Crippen LogP contribution in [0, 0.1) is 0 Å². The first-order chi connectivity index (χ1) is 13.6. The Balaban J connectivity index is 1.42. The van der Waals surface area contributed by atoms with E-state index >= 15 is 0 Å². The zero-order chi connectivity index (χ0) is 19.5. The van der Waals surface area contributed by atoms with E-state index in [2.05, 4.69) is 17.0 Å². The maximum absolute atomic E-state index is 12.9. The molecule has 0 spiro atoms. The van der Waals surface area contributed by atoms with Crippen molar-refractivity contribution in [2.75, 3.05) is 31.1 Å². The van der Waals surface area contributed by atoms with Crippen molar-refractivity contribution in [2.24, 2.45) is 0 Å². The number of carbonyl (C=O) groups is 1. The number of nitrogens with zero attached hydrogens (tertiary/aromatic N) is 2. The fourth-order valence-electron chi connectivity index (χ4n) is 3.66. The van der Waals surface area contributed by atoms with E-state index in [0.29, 0.717) is 23.9 Å². The van der Waals surface area contributed by atoms with Crippen molar-refractivity contribution < 1.29 is 9.53 Å². The minimum absolute atomic E-state index is 0.0201. The maximum Gasteiger partial charge on any atom is 0.263 e. The normalized spacial score (nSPS) is 15.5. The molecule has 1 saturated heterocycles. The Hall–Kier alpha value is -2.72. The molecule has 0 N–H and O–H groups in total. The highest BCUT2D eigenvalue weighted by Crippen LogP contribution is 2.32. The molecule has 144 valence electrons. The number of anilines is 1. The summed E-state index contributed by atoms with van der Waals surface area (Å²) in [6.45, 7) is 4.86. The van der Waals surface area contributed by atoms with Crippen molar-refractivity contribution in [1.82, 2.24) is 4.90 Å². The van der Waals surface area contributed by atoms with Crippen LogP contribution in [-0.4, -0.2) is 43.1 Å². The number of fused-ring (bicyclic) bond motifs is 1. The van der Waals surface area contributed by atoms with E-state index in [4.69, 9.17) is 16.3 Å². The Morgan fingerprint density at radius 1 is 0.893 bits per heavy atom. The summed E-state index contributed by atoms with van der Waals surface area (Å²) in [4.78, 5) is 17.1. The molecule has 5 heteroatoms. The minimum atomic E-state index is -0.548. The summed E-state index contributed by atoms with van der Waals surface area (Å²) in [5.41, 5.74) is 1.20. The van der Waals surface area contributed by atoms with Gasteiger partial charge >= 0.3 is 0 Å². The molecule has 3 aromatic carbocycles. The molecule has 1 unspecified atom stereocenters. The van der Waals surface area contributed by atoms with Crippen LogP contribution in [0.5, 0.6) is 5.75 Å². The summed E-state index contributed by atoms with van der Waals surface area (Å²) in [7, 11) is 0. The van der Waals surface area contributed by atoms with Gasteiger partial charge in [0.05, 0.1) is 0 Å². The molecule has 0 aliphatic carbocycles. The molecular weight excluding hydrogens is 372 g/mol. The third-order valence-corrected chi connectivity index (χ3v) is 5.52. The molecule has 0 saturated carbocycles. The molecule has 4 nitrogen and oxygen atoms in total. The van der Waals surface area contributed by atoms with Crippen LogP contribution in [0.2, 0.25) is 5.02 Å². The Labute approximate surface area is 170 Å². The van der Waals surface area contributed by atoms with Crippen molar-refractivity contribution in [3.8, 4) is 5.75 Å². The summed E-state index contributed by atoms with van der Waals surface area (Å²) in [6, 6.07) is 21.8. The fourth-order valence-corrected chi connectivity index (χ4v) is 3.89. The van der Waals surface area contributed by atoms with Gasteiger partial charge in [0.15, 0.2) is 6.10 Å². The lowest BCUT2D eigenvalue weighted by molar-refractivity contribution is -0.138. The van der Waals surface area contributed by atoms with Crippen molar-refractivity contribution in [3.63, 3.8) is 0 Å². The average molecular weight is 395 g/mol. The second-order valence-corrected chi connectivity index (χ2v) is 7.41. The van der Waals surface area contributed by atoms with Gasteiger partial charge in [0, 0.05) is 47.7 Å². The summed E-state index contributed by atoms with van der Waals surface area (Å²) in [5, 5.41) is 2.53. The Kier molecular flexibility index (Phi) is 5.40. The van der Waals surface area contributed by atoms with Crippen molar-refractivity contribution in [3.05, 3.63) is 71.8 Å². The third-order valence-electron chi connectivity index (χ3n) is 5.20. The molecule has 0 bridgehead atoms. The summed E-state index contributed by atoms with van der Waals surface area (Å²) >= 11 is 6.28. The van der Waals surface area contributed by atoms with Crippen LogP contribution in [-0.2, 0) is 4.79 Å². The topological polar surface area (TPSA) is 32.8 Å². The quantitative estimate of drug-likeness (QED) is 0.647. The lowest BCUT2D eigenvalue weighted by Gasteiger charge is -2.37. The maximum atomic E-state index is 12.9. The van der Waals surface area contributed by atoms with Gasteiger partial charge in [-0.1, -0.05) is 54.1 Å². The molecule has 1 amide bonds. The van der Waals surface area contributed by atoms with E-state index in [0.717, 1.165) is 23.9 Å². The number of ether oxygens (including phenoxy) is 1. The standard InChI is InChI=1S/C23H23ClN2O2/c1-17(28-22-12-11-21(24)19-9-5-6-10-20(19)22)23(27)26-15-13-25(14-16-26)18-7-3-2-4-8-18/h2-12,17H,13-16H2,1H3. The molecule has 28 heavy (non-hydrogen) atoms. The monoisotopic (exact) mass is 394 g/mol. The van der Waals surface area contributed by atoms with Gasteiger partial charge in [-0.15, -0.1) is 0 Å². The van der Waals surface area contributed by atoms with Gasteiger partial charge in [0.1, 0.15) is 5.75 Å². The molecule has 1 fully saturated rings. The van der Waals surface area contributed by atoms with Gasteiger partial charge in [-0.3, -0.25) is 4.79 Å². The zero-order valence-corrected chi connectivity index (χ0v) is 16.6. The SMILES string of the molecule is CC(Oc1ccc(Cl)c2ccccc12)C(=O)N1CCN(c2ccccc2)CC1. The summed E-state index contributed by atoms with van der Waals surface area (Å²) in [5.74, 6) is 0.704. The number of rotatable bonds is 4. The Bertz CT molecular complexity index is 969. The van der Waals surface area contributed by atoms with Crippen LogP contribution >= 0.6 is 11.6 Å². The second-order valence-electron chi connectivity index (χ2n) is 7.00. The molecule has 3 aromatic rings. The molecule has 4 rings (SSSR count). The molecule has 0 aromatic heterocycles. The Morgan fingerprint density at radius 3 is 2.25 bits per heavy atom. The van der Waals surface area contributed by atoms with E-state index in [1.807, 2.05) is 66.4 Å². The predicted octanol–water partition coefficient (Wildman–Crippen LogP) is 4.61. The number of piperazine rings is 1. The number of halogens is 1. The van der Waals surface area contributed by atoms with E-state index in [9.17, 15) is 4.79 Å². The van der Waals surface area contributed by atoms with Crippen molar-refractivity contribution >= 4 is 34.0 Å². The minimum Gasteiger partial charge on any atom is -0.480 e. The van der Waals surface area contributed by atoms with Gasteiger partial charge in [0.2, 0.25) is 0 Å². The highest BCUT2D eigenvalue weighted by atomic mass is 35.5. The van der Waals surface area contributed by atoms with Crippen LogP contribution < -0.4 is 9.64 Å². The number of hydrogen-bond donors (Lipinski definition) is 0. The average Bonchev–Trinajstić information content (AvgIpc) is 2.76. The van der Waals surface area contributed by atoms with Gasteiger partial charge in [-0.05, 0) is 31.2 Å². The fraction of sp³-hybridized carbons (Fsp3) is 0.261. The van der Waals surface area contributed by atoms with E-state index < -0.39 is 6.10 Å². The first-order valence-corrected chi connectivity index (χ1v) is 9.94. The first-order valence-electron chi connectivity index (χ1n) is 9.56. The largest absolute Gasteiger partial charge is 0.480 e. The number of hydrogen-bond acceptors (Lipinski definition) is 3. The predicted molar refractivity (Wildman–Crippen MR) is 114 cm³/mol. The lowest BCUT2D eigenvalue weighted by atomic mass is 10.1. The highest BCUT2D eigenvalue weighted by Gasteiger charge is 2.26. The summed E-state index contributed by atoms with van der Waals surface area (Å²) in [6.07, 6.45) is -0.548.